The first-order chi connectivity index (χ1) is 8.65. The second kappa shape index (κ2) is 5.23. The van der Waals surface area contributed by atoms with Crippen molar-refractivity contribution < 1.29 is 14.3 Å². The van der Waals surface area contributed by atoms with E-state index in [-0.39, 0.29) is 0 Å². The summed E-state index contributed by atoms with van der Waals surface area (Å²) >= 11 is 0. The predicted molar refractivity (Wildman–Crippen MR) is 67.9 cm³/mol. The molecule has 0 heterocycles. The first-order valence-electron chi connectivity index (χ1n) is 5.46. The average molecular weight is 243 g/mol. The Hall–Kier alpha value is -2.49. The number of amides is 1. The maximum atomic E-state index is 10.7. The van der Waals surface area contributed by atoms with Gasteiger partial charge in [-0.1, -0.05) is 18.2 Å². The Morgan fingerprint density at radius 3 is 2.39 bits per heavy atom. The Morgan fingerprint density at radius 2 is 1.78 bits per heavy atom. The van der Waals surface area contributed by atoms with E-state index in [9.17, 15) is 4.79 Å². The fraction of sp³-hybridized carbons (Fsp3) is 0.0714. The van der Waals surface area contributed by atoms with E-state index in [1.165, 1.54) is 0 Å². The van der Waals surface area contributed by atoms with Crippen molar-refractivity contribution in [3.05, 3.63) is 54.1 Å². The Balaban J connectivity index is 2.16. The standard InChI is InChI=1S/C14H13NO3/c1-10-9-12(7-8-13(10)18-14(15)16)17-11-5-3-2-4-6-11/h2-9H,1H3,(H2,15,16). The molecule has 92 valence electrons. The molecule has 18 heavy (non-hydrogen) atoms. The molecule has 4 nitrogen and oxygen atoms in total. The summed E-state index contributed by atoms with van der Waals surface area (Å²) < 4.78 is 10.5. The Bertz CT molecular complexity index is 552. The van der Waals surface area contributed by atoms with E-state index in [1.807, 2.05) is 37.3 Å². The number of primary amides is 1. The quantitative estimate of drug-likeness (QED) is 0.900. The third-order valence-electron chi connectivity index (χ3n) is 2.34. The Labute approximate surface area is 105 Å². The number of benzene rings is 2. The molecule has 2 aromatic rings. The third kappa shape index (κ3) is 3.01. The van der Waals surface area contributed by atoms with Crippen molar-refractivity contribution in [1.29, 1.82) is 0 Å². The highest BCUT2D eigenvalue weighted by Gasteiger charge is 2.05. The van der Waals surface area contributed by atoms with Crippen LogP contribution in [0.2, 0.25) is 0 Å². The van der Waals surface area contributed by atoms with Crippen molar-refractivity contribution in [2.45, 2.75) is 6.92 Å². The van der Waals surface area contributed by atoms with Gasteiger partial charge in [0, 0.05) is 0 Å². The number of aryl methyl sites for hydroxylation is 1. The molecule has 2 rings (SSSR count). The number of rotatable bonds is 3. The van der Waals surface area contributed by atoms with Crippen LogP contribution in [0.5, 0.6) is 17.2 Å². The van der Waals surface area contributed by atoms with Crippen molar-refractivity contribution in [2.75, 3.05) is 0 Å². The molecule has 0 fully saturated rings. The molecule has 0 bridgehead atoms. The number of hydrogen-bond acceptors (Lipinski definition) is 3. The summed E-state index contributed by atoms with van der Waals surface area (Å²) in [6.07, 6.45) is -0.824. The van der Waals surface area contributed by atoms with E-state index in [2.05, 4.69) is 0 Å². The summed E-state index contributed by atoms with van der Waals surface area (Å²) in [5, 5.41) is 0. The zero-order valence-corrected chi connectivity index (χ0v) is 9.92. The van der Waals surface area contributed by atoms with Crippen LogP contribution in [0.3, 0.4) is 0 Å². The van der Waals surface area contributed by atoms with E-state index < -0.39 is 6.09 Å². The molecule has 1 amide bonds. The fourth-order valence-electron chi connectivity index (χ4n) is 1.53. The van der Waals surface area contributed by atoms with Gasteiger partial charge in [-0.3, -0.25) is 0 Å². The predicted octanol–water partition coefficient (Wildman–Crippen LogP) is 3.24. The van der Waals surface area contributed by atoms with Gasteiger partial charge < -0.3 is 15.2 Å². The van der Waals surface area contributed by atoms with Gasteiger partial charge in [0.25, 0.3) is 0 Å². The maximum absolute atomic E-state index is 10.7. The third-order valence-corrected chi connectivity index (χ3v) is 2.34. The molecule has 0 radical (unpaired) electrons. The highest BCUT2D eigenvalue weighted by Crippen LogP contribution is 2.27. The summed E-state index contributed by atoms with van der Waals surface area (Å²) in [5.41, 5.74) is 5.74. The highest BCUT2D eigenvalue weighted by atomic mass is 16.5. The SMILES string of the molecule is Cc1cc(Oc2ccccc2)ccc1OC(N)=O. The summed E-state index contributed by atoms with van der Waals surface area (Å²) in [6, 6.07) is 14.6. The van der Waals surface area contributed by atoms with Crippen LogP contribution in [-0.2, 0) is 0 Å². The number of carbonyl (C=O) groups is 1. The zero-order valence-electron chi connectivity index (χ0n) is 9.92. The lowest BCUT2D eigenvalue weighted by molar-refractivity contribution is 0.210. The molecule has 4 heteroatoms. The van der Waals surface area contributed by atoms with Crippen molar-refractivity contribution in [3.8, 4) is 17.2 Å². The van der Waals surface area contributed by atoms with E-state index in [1.54, 1.807) is 18.2 Å². The minimum absolute atomic E-state index is 0.433. The summed E-state index contributed by atoms with van der Waals surface area (Å²) in [7, 11) is 0. The lowest BCUT2D eigenvalue weighted by atomic mass is 10.2. The molecule has 0 unspecified atom stereocenters. The van der Waals surface area contributed by atoms with Gasteiger partial charge in [0.15, 0.2) is 0 Å². The van der Waals surface area contributed by atoms with Crippen molar-refractivity contribution in [1.82, 2.24) is 0 Å². The van der Waals surface area contributed by atoms with Gasteiger partial charge in [-0.2, -0.15) is 0 Å². The van der Waals surface area contributed by atoms with Crippen LogP contribution >= 0.6 is 0 Å². The summed E-state index contributed by atoms with van der Waals surface area (Å²) in [6.45, 7) is 1.82. The van der Waals surface area contributed by atoms with Crippen molar-refractivity contribution in [2.24, 2.45) is 5.73 Å². The van der Waals surface area contributed by atoms with Crippen molar-refractivity contribution >= 4 is 6.09 Å². The van der Waals surface area contributed by atoms with Gasteiger partial charge in [-0.05, 0) is 42.8 Å². The van der Waals surface area contributed by atoms with Gasteiger partial charge in [0.2, 0.25) is 0 Å². The number of nitrogens with two attached hydrogens (primary N) is 1. The first kappa shape index (κ1) is 12.0. The summed E-state index contributed by atoms with van der Waals surface area (Å²) in [4.78, 5) is 10.7. The van der Waals surface area contributed by atoms with Crippen LogP contribution in [0.25, 0.3) is 0 Å². The largest absolute Gasteiger partial charge is 0.457 e. The number of ether oxygens (including phenoxy) is 2. The van der Waals surface area contributed by atoms with Crippen LogP contribution in [0.15, 0.2) is 48.5 Å². The lowest BCUT2D eigenvalue weighted by Crippen LogP contribution is -2.16. The highest BCUT2D eigenvalue weighted by molar-refractivity contribution is 5.68. The van der Waals surface area contributed by atoms with Crippen LogP contribution in [0.1, 0.15) is 5.56 Å². The smallest absolute Gasteiger partial charge is 0.409 e. The molecule has 0 aliphatic carbocycles. The molecule has 0 aromatic heterocycles. The first-order valence-corrected chi connectivity index (χ1v) is 5.46. The molecule has 0 saturated carbocycles. The van der Waals surface area contributed by atoms with E-state index in [0.717, 1.165) is 11.3 Å². The maximum Gasteiger partial charge on any atom is 0.409 e. The Morgan fingerprint density at radius 1 is 1.06 bits per heavy atom. The van der Waals surface area contributed by atoms with Crippen LogP contribution in [0.4, 0.5) is 4.79 Å². The molecule has 2 aromatic carbocycles. The van der Waals surface area contributed by atoms with E-state index >= 15 is 0 Å². The number of para-hydroxylation sites is 1. The van der Waals surface area contributed by atoms with Crippen LogP contribution < -0.4 is 15.2 Å². The number of carbonyl (C=O) groups excluding carboxylic acids is 1. The molecular weight excluding hydrogens is 230 g/mol. The Kier molecular flexibility index (Phi) is 3.48. The van der Waals surface area contributed by atoms with Gasteiger partial charge in [0.1, 0.15) is 17.2 Å². The molecular formula is C14H13NO3. The van der Waals surface area contributed by atoms with E-state index in [0.29, 0.717) is 11.5 Å². The van der Waals surface area contributed by atoms with Gasteiger partial charge >= 0.3 is 6.09 Å². The molecule has 2 N–H and O–H groups in total. The topological polar surface area (TPSA) is 61.6 Å². The molecule has 0 spiro atoms. The summed E-state index contributed by atoms with van der Waals surface area (Å²) in [5.74, 6) is 1.86. The van der Waals surface area contributed by atoms with Crippen LogP contribution in [-0.4, -0.2) is 6.09 Å². The van der Waals surface area contributed by atoms with Crippen LogP contribution in [0, 0.1) is 6.92 Å². The normalized spacial score (nSPS) is 9.83. The number of hydrogen-bond donors (Lipinski definition) is 1. The second-order valence-corrected chi connectivity index (χ2v) is 3.76. The molecule has 0 atom stereocenters. The second-order valence-electron chi connectivity index (χ2n) is 3.76. The lowest BCUT2D eigenvalue weighted by Gasteiger charge is -2.09. The monoisotopic (exact) mass is 243 g/mol. The molecule has 0 aliphatic heterocycles. The minimum Gasteiger partial charge on any atom is -0.457 e. The van der Waals surface area contributed by atoms with Crippen molar-refractivity contribution in [3.63, 3.8) is 0 Å². The van der Waals surface area contributed by atoms with Gasteiger partial charge in [0.05, 0.1) is 0 Å². The molecule has 0 aliphatic rings. The van der Waals surface area contributed by atoms with Gasteiger partial charge in [-0.15, -0.1) is 0 Å². The minimum atomic E-state index is -0.824. The molecule has 0 saturated heterocycles. The average Bonchev–Trinajstić information content (AvgIpc) is 2.33. The zero-order chi connectivity index (χ0) is 13.0. The van der Waals surface area contributed by atoms with Gasteiger partial charge in [-0.25, -0.2) is 4.79 Å². The van der Waals surface area contributed by atoms with E-state index in [4.69, 9.17) is 15.2 Å². The fourth-order valence-corrected chi connectivity index (χ4v) is 1.53.